The molecular formula is C19H14ClF3N4O. The van der Waals surface area contributed by atoms with Crippen LogP contribution >= 0.6 is 11.6 Å². The minimum atomic E-state index is -4.59. The van der Waals surface area contributed by atoms with Gasteiger partial charge in [0, 0.05) is 11.4 Å². The third-order valence-electron chi connectivity index (χ3n) is 3.84. The van der Waals surface area contributed by atoms with Crippen molar-refractivity contribution in [3.63, 3.8) is 0 Å². The van der Waals surface area contributed by atoms with Gasteiger partial charge in [-0.1, -0.05) is 6.08 Å². The van der Waals surface area contributed by atoms with Gasteiger partial charge in [0.15, 0.2) is 5.69 Å². The number of aromatic amines is 1. The summed E-state index contributed by atoms with van der Waals surface area (Å²) in [5.41, 5.74) is 0.357. The van der Waals surface area contributed by atoms with E-state index in [1.54, 1.807) is 25.1 Å². The summed E-state index contributed by atoms with van der Waals surface area (Å²) < 4.78 is 45.3. The zero-order chi connectivity index (χ0) is 20.3. The van der Waals surface area contributed by atoms with Crippen LogP contribution in [0.15, 0.2) is 30.3 Å². The molecular weight excluding hydrogens is 393 g/mol. The number of nitriles is 1. The minimum absolute atomic E-state index is 0.0108. The molecule has 0 saturated heterocycles. The lowest BCUT2D eigenvalue weighted by Crippen LogP contribution is -2.09. The molecule has 0 amide bonds. The van der Waals surface area contributed by atoms with Crippen molar-refractivity contribution in [1.29, 1.82) is 5.26 Å². The van der Waals surface area contributed by atoms with Crippen molar-refractivity contribution in [2.24, 2.45) is 0 Å². The number of nitrogens with zero attached hydrogens (tertiary/aromatic N) is 3. The Morgan fingerprint density at radius 2 is 2.07 bits per heavy atom. The number of benzene rings is 1. The van der Waals surface area contributed by atoms with E-state index in [0.717, 1.165) is 6.07 Å². The number of ether oxygens (including phenoxy) is 1. The molecule has 2 heterocycles. The van der Waals surface area contributed by atoms with Gasteiger partial charge in [-0.05, 0) is 37.3 Å². The van der Waals surface area contributed by atoms with E-state index in [1.807, 2.05) is 6.07 Å². The van der Waals surface area contributed by atoms with Crippen LogP contribution in [-0.4, -0.2) is 27.4 Å². The maximum atomic E-state index is 13.4. The summed E-state index contributed by atoms with van der Waals surface area (Å²) in [7, 11) is 0. The van der Waals surface area contributed by atoms with Crippen LogP contribution in [0.25, 0.3) is 28.4 Å². The predicted octanol–water partition coefficient (Wildman–Crippen LogP) is 5.17. The number of H-pyrrole nitrogens is 1. The van der Waals surface area contributed by atoms with Gasteiger partial charge < -0.3 is 9.72 Å². The van der Waals surface area contributed by atoms with Crippen LogP contribution in [0.2, 0.25) is 0 Å². The molecule has 0 saturated carbocycles. The van der Waals surface area contributed by atoms with Crippen molar-refractivity contribution in [2.75, 3.05) is 12.5 Å². The van der Waals surface area contributed by atoms with Gasteiger partial charge in [-0.3, -0.25) is 0 Å². The molecule has 0 fully saturated rings. The standard InChI is InChI=1S/C19H14ClF3N4O/c1-2-28-16-6-5-11(8-12(16)19(21,22)23)13-9-14-18(15(10-24)25-13)27-17(26-14)4-3-7-20/h3-6,8-9H,2,7H2,1H3,(H,26,27). The Morgan fingerprint density at radius 3 is 2.71 bits per heavy atom. The number of hydrogen-bond donors (Lipinski definition) is 1. The number of fused-ring (bicyclic) bond motifs is 1. The van der Waals surface area contributed by atoms with Crippen LogP contribution in [-0.2, 0) is 6.18 Å². The first-order valence-electron chi connectivity index (χ1n) is 8.25. The van der Waals surface area contributed by atoms with Crippen molar-refractivity contribution in [2.45, 2.75) is 13.1 Å². The summed E-state index contributed by atoms with van der Waals surface area (Å²) in [6.45, 7) is 1.72. The van der Waals surface area contributed by atoms with E-state index < -0.39 is 11.7 Å². The highest BCUT2D eigenvalue weighted by molar-refractivity contribution is 6.19. The van der Waals surface area contributed by atoms with Crippen LogP contribution < -0.4 is 4.74 Å². The molecule has 3 aromatic rings. The number of rotatable bonds is 5. The molecule has 0 atom stereocenters. The summed E-state index contributed by atoms with van der Waals surface area (Å²) >= 11 is 5.61. The van der Waals surface area contributed by atoms with Crippen LogP contribution in [0.4, 0.5) is 13.2 Å². The molecule has 0 bridgehead atoms. The first-order valence-corrected chi connectivity index (χ1v) is 8.78. The fourth-order valence-electron chi connectivity index (χ4n) is 2.69. The normalized spacial score (nSPS) is 11.9. The summed E-state index contributed by atoms with van der Waals surface area (Å²) in [6.07, 6.45) is -1.27. The maximum Gasteiger partial charge on any atom is 0.419 e. The molecule has 0 radical (unpaired) electrons. The Hall–Kier alpha value is -3.05. The van der Waals surface area contributed by atoms with Gasteiger partial charge >= 0.3 is 6.18 Å². The molecule has 144 valence electrons. The highest BCUT2D eigenvalue weighted by Crippen LogP contribution is 2.39. The van der Waals surface area contributed by atoms with Crippen LogP contribution in [0.5, 0.6) is 5.75 Å². The fourth-order valence-corrected chi connectivity index (χ4v) is 2.78. The third kappa shape index (κ3) is 3.94. The van der Waals surface area contributed by atoms with Crippen LogP contribution in [0.1, 0.15) is 24.0 Å². The van der Waals surface area contributed by atoms with Gasteiger partial charge in [0.1, 0.15) is 23.2 Å². The summed E-state index contributed by atoms with van der Waals surface area (Å²) in [4.78, 5) is 11.4. The quantitative estimate of drug-likeness (QED) is 0.593. The topological polar surface area (TPSA) is 74.6 Å². The molecule has 28 heavy (non-hydrogen) atoms. The predicted molar refractivity (Wildman–Crippen MR) is 100.0 cm³/mol. The van der Waals surface area contributed by atoms with Gasteiger partial charge in [-0.2, -0.15) is 18.4 Å². The van der Waals surface area contributed by atoms with E-state index in [9.17, 15) is 18.4 Å². The number of aromatic nitrogens is 3. The molecule has 0 unspecified atom stereocenters. The molecule has 0 aliphatic heterocycles. The maximum absolute atomic E-state index is 13.4. The molecule has 0 aliphatic rings. The molecule has 1 N–H and O–H groups in total. The highest BCUT2D eigenvalue weighted by Gasteiger charge is 2.35. The number of allylic oxidation sites excluding steroid dienone is 1. The fraction of sp³-hybridized carbons (Fsp3) is 0.211. The second-order valence-corrected chi connectivity index (χ2v) is 5.99. The minimum Gasteiger partial charge on any atom is -0.493 e. The van der Waals surface area contributed by atoms with E-state index in [4.69, 9.17) is 16.3 Å². The molecule has 9 heteroatoms. The van der Waals surface area contributed by atoms with E-state index in [-0.39, 0.29) is 35.2 Å². The average Bonchev–Trinajstić information content (AvgIpc) is 3.08. The van der Waals surface area contributed by atoms with E-state index in [0.29, 0.717) is 16.9 Å². The number of halogens is 4. The molecule has 0 spiro atoms. The molecule has 1 aromatic carbocycles. The largest absolute Gasteiger partial charge is 0.493 e. The second-order valence-electron chi connectivity index (χ2n) is 5.68. The Labute approximate surface area is 163 Å². The highest BCUT2D eigenvalue weighted by atomic mass is 35.5. The Kier molecular flexibility index (Phi) is 5.56. The lowest BCUT2D eigenvalue weighted by molar-refractivity contribution is -0.138. The molecule has 3 rings (SSSR count). The van der Waals surface area contributed by atoms with Crippen molar-refractivity contribution >= 4 is 28.7 Å². The number of pyridine rings is 1. The first kappa shape index (κ1) is 19.7. The Balaban J connectivity index is 2.15. The molecule has 5 nitrogen and oxygen atoms in total. The number of imidazole rings is 1. The smallest absolute Gasteiger partial charge is 0.419 e. The van der Waals surface area contributed by atoms with Crippen molar-refractivity contribution in [3.05, 3.63) is 47.4 Å². The van der Waals surface area contributed by atoms with E-state index in [2.05, 4.69) is 15.0 Å². The number of alkyl halides is 4. The second kappa shape index (κ2) is 7.90. The van der Waals surface area contributed by atoms with Crippen LogP contribution in [0, 0.1) is 11.3 Å². The van der Waals surface area contributed by atoms with Gasteiger partial charge in [-0.15, -0.1) is 11.6 Å². The summed E-state index contributed by atoms with van der Waals surface area (Å²) in [6, 6.07) is 7.17. The molecule has 0 aliphatic carbocycles. The number of hydrogen-bond acceptors (Lipinski definition) is 4. The zero-order valence-electron chi connectivity index (χ0n) is 14.6. The van der Waals surface area contributed by atoms with Crippen molar-refractivity contribution < 1.29 is 17.9 Å². The van der Waals surface area contributed by atoms with Crippen molar-refractivity contribution in [3.8, 4) is 23.1 Å². The third-order valence-corrected chi connectivity index (χ3v) is 4.02. The lowest BCUT2D eigenvalue weighted by atomic mass is 10.1. The zero-order valence-corrected chi connectivity index (χ0v) is 15.4. The van der Waals surface area contributed by atoms with Gasteiger partial charge in [0.2, 0.25) is 0 Å². The van der Waals surface area contributed by atoms with E-state index in [1.165, 1.54) is 12.1 Å². The monoisotopic (exact) mass is 406 g/mol. The van der Waals surface area contributed by atoms with Gasteiger partial charge in [0.25, 0.3) is 0 Å². The first-order chi connectivity index (χ1) is 13.4. The number of nitrogens with one attached hydrogen (secondary N) is 1. The Bertz CT molecular complexity index is 1080. The molecule has 2 aromatic heterocycles. The SMILES string of the molecule is CCOc1ccc(-c2cc3[nH]c(C=CCCl)nc3c(C#N)n2)cc1C(F)(F)F. The summed E-state index contributed by atoms with van der Waals surface area (Å²) in [5.74, 6) is 0.502. The summed E-state index contributed by atoms with van der Waals surface area (Å²) in [5, 5.41) is 9.38. The lowest BCUT2D eigenvalue weighted by Gasteiger charge is -2.14. The van der Waals surface area contributed by atoms with Gasteiger partial charge in [-0.25, -0.2) is 9.97 Å². The van der Waals surface area contributed by atoms with Crippen molar-refractivity contribution in [1.82, 2.24) is 15.0 Å². The van der Waals surface area contributed by atoms with Gasteiger partial charge in [0.05, 0.1) is 23.4 Å². The average molecular weight is 407 g/mol. The van der Waals surface area contributed by atoms with Crippen LogP contribution in [0.3, 0.4) is 0 Å². The Morgan fingerprint density at radius 1 is 1.29 bits per heavy atom. The van der Waals surface area contributed by atoms with E-state index >= 15 is 0 Å².